The number of aryl methyl sites for hydroxylation is 1. The summed E-state index contributed by atoms with van der Waals surface area (Å²) >= 11 is 0. The highest BCUT2D eigenvalue weighted by atomic mass is 32.2. The Bertz CT molecular complexity index is 2970. The van der Waals surface area contributed by atoms with Gasteiger partial charge in [0, 0.05) is 80.8 Å². The number of nitrogens with one attached hydrogen (secondary N) is 3. The van der Waals surface area contributed by atoms with Crippen LogP contribution < -0.4 is 24.6 Å². The largest absolute Gasteiger partial charge is 0.468 e. The van der Waals surface area contributed by atoms with Crippen LogP contribution in [-0.2, 0) is 14.8 Å². The van der Waals surface area contributed by atoms with Crippen LogP contribution in [-0.4, -0.2) is 127 Å². The van der Waals surface area contributed by atoms with E-state index in [1.54, 1.807) is 6.07 Å². The molecule has 2 aliphatic carbocycles. The van der Waals surface area contributed by atoms with Crippen LogP contribution in [0.1, 0.15) is 99.2 Å². The van der Waals surface area contributed by atoms with Crippen molar-refractivity contribution in [3.8, 4) is 5.88 Å². The van der Waals surface area contributed by atoms with E-state index in [2.05, 4.69) is 79.8 Å². The second-order valence-electron chi connectivity index (χ2n) is 22.0. The molecular weight excluding hydrogens is 935 g/mol. The molecule has 4 N–H and O–H groups in total. The van der Waals surface area contributed by atoms with E-state index in [4.69, 9.17) is 14.5 Å². The van der Waals surface area contributed by atoms with E-state index in [0.717, 1.165) is 69.0 Å². The fraction of sp³-hybridized carbons (Fsp3) is 0.519. The second-order valence-corrected chi connectivity index (χ2v) is 23.7. The molecule has 11 rings (SSSR count). The maximum Gasteiger partial charge on any atom is 0.293 e. The number of anilines is 4. The Morgan fingerprint density at radius 1 is 0.986 bits per heavy atom. The summed E-state index contributed by atoms with van der Waals surface area (Å²) in [6, 6.07) is 23.1. The standard InChI is InChI=1S/C54H67N9O8S/c1-34-7-5-6-8-41(34)48-32-59(4)35(2)31-61(48)39-28-54(29-39)19-22-60(23-20-54)38-9-11-42(45(26-38)62-44-16-24-70-33-49(44)71-52-47(62)25-37-15-21-55-50(37)57-52)51(64)58-72(68,69)40-10-12-43(46(27-40)63(66)67)56-30-36-13-17-53(3,65)18-14-36/h5-12,15,21,25-27,35-36,39,44,48-49,56,65H,13-14,16-20,22-24,28-33H2,1-4H3,(H,55,57)(H,58,64)/t35-,36-,44-,48-,49-,53-/m0/s1. The number of nitro benzene ring substituents is 1. The minimum Gasteiger partial charge on any atom is -0.468 e. The number of piperidine rings is 1. The number of ether oxygens (including phenoxy) is 2. The minimum absolute atomic E-state index is 0.119. The molecule has 3 aromatic carbocycles. The van der Waals surface area contributed by atoms with Crippen LogP contribution in [0, 0.1) is 28.4 Å². The molecule has 382 valence electrons. The predicted molar refractivity (Wildman–Crippen MR) is 277 cm³/mol. The van der Waals surface area contributed by atoms with Crippen molar-refractivity contribution in [2.75, 3.05) is 68.1 Å². The van der Waals surface area contributed by atoms with E-state index in [0.29, 0.717) is 80.0 Å². The van der Waals surface area contributed by atoms with Crippen LogP contribution in [0.4, 0.5) is 28.4 Å². The summed E-state index contributed by atoms with van der Waals surface area (Å²) < 4.78 is 43.1. The Balaban J connectivity index is 0.868. The van der Waals surface area contributed by atoms with Crippen LogP contribution in [0.15, 0.2) is 83.9 Å². The third-order valence-corrected chi connectivity index (χ3v) is 18.5. The van der Waals surface area contributed by atoms with Crippen molar-refractivity contribution in [3.63, 3.8) is 0 Å². The monoisotopic (exact) mass is 1000 g/mol. The van der Waals surface area contributed by atoms with Crippen molar-refractivity contribution in [2.45, 2.75) is 119 Å². The summed E-state index contributed by atoms with van der Waals surface area (Å²) in [7, 11) is -2.37. The highest BCUT2D eigenvalue weighted by molar-refractivity contribution is 7.90. The van der Waals surface area contributed by atoms with Gasteiger partial charge in [-0.05, 0) is 151 Å². The van der Waals surface area contributed by atoms with Gasteiger partial charge in [0.05, 0.1) is 39.3 Å². The van der Waals surface area contributed by atoms with Gasteiger partial charge in [-0.25, -0.2) is 13.1 Å². The molecule has 5 fully saturated rings. The lowest BCUT2D eigenvalue weighted by atomic mass is 9.59. The van der Waals surface area contributed by atoms with Crippen molar-refractivity contribution >= 4 is 55.4 Å². The molecule has 17 nitrogen and oxygen atoms in total. The Kier molecular flexibility index (Phi) is 12.7. The zero-order valence-corrected chi connectivity index (χ0v) is 42.5. The number of piperazine rings is 1. The van der Waals surface area contributed by atoms with Gasteiger partial charge in [-0.2, -0.15) is 4.98 Å². The van der Waals surface area contributed by atoms with Gasteiger partial charge in [0.2, 0.25) is 5.88 Å². The third kappa shape index (κ3) is 9.29. The average Bonchev–Trinajstić information content (AvgIpc) is 3.82. The molecule has 3 saturated heterocycles. The Labute approximate surface area is 421 Å². The number of aliphatic hydroxyl groups is 1. The maximum atomic E-state index is 14.7. The van der Waals surface area contributed by atoms with Gasteiger partial charge in [0.15, 0.2) is 0 Å². The number of aromatic amines is 1. The topological polar surface area (TPSA) is 199 Å². The van der Waals surface area contributed by atoms with Gasteiger partial charge in [0.25, 0.3) is 21.6 Å². The number of H-pyrrole nitrogens is 1. The molecule has 18 heteroatoms. The number of aromatic nitrogens is 2. The summed E-state index contributed by atoms with van der Waals surface area (Å²) in [6.07, 6.45) is 9.18. The third-order valence-electron chi connectivity index (χ3n) is 17.2. The molecule has 6 aliphatic rings. The number of hydrogen-bond donors (Lipinski definition) is 4. The van der Waals surface area contributed by atoms with Crippen LogP contribution in [0.2, 0.25) is 0 Å². The van der Waals surface area contributed by atoms with E-state index < -0.39 is 43.1 Å². The van der Waals surface area contributed by atoms with E-state index in [-0.39, 0.29) is 28.6 Å². The van der Waals surface area contributed by atoms with E-state index in [1.165, 1.54) is 36.1 Å². The molecule has 4 aliphatic heterocycles. The quantitative estimate of drug-likeness (QED) is 0.0732. The molecule has 0 radical (unpaired) electrons. The number of amides is 1. The number of likely N-dealkylation sites (N-methyl/N-ethyl adjacent to an activating group) is 1. The van der Waals surface area contributed by atoms with Crippen LogP contribution in [0.3, 0.4) is 0 Å². The highest BCUT2D eigenvalue weighted by Gasteiger charge is 2.51. The number of hydrogen-bond acceptors (Lipinski definition) is 14. The van der Waals surface area contributed by atoms with Crippen molar-refractivity contribution in [2.24, 2.45) is 11.3 Å². The predicted octanol–water partition coefficient (Wildman–Crippen LogP) is 8.07. The number of sulfonamides is 1. The van der Waals surface area contributed by atoms with Crippen LogP contribution >= 0.6 is 0 Å². The van der Waals surface area contributed by atoms with Crippen LogP contribution in [0.25, 0.3) is 11.0 Å². The molecule has 6 heterocycles. The van der Waals surface area contributed by atoms with Gasteiger partial charge >= 0.3 is 0 Å². The molecule has 4 atom stereocenters. The molecule has 2 aromatic heterocycles. The SMILES string of the molecule is Cc1ccccc1[C@@H]1CN(C)[C@@H](C)CN1C1CC2(CCN(c3ccc(C(=O)NS(=O)(=O)c4ccc(NC[C@H]5CC[C@](C)(O)CC5)c([N+](=O)[O-])c4)c(N4c5cc6cc[nH]c6nc5O[C@H]5COCC[C@@H]54)c3)CC2)C1. The fourth-order valence-electron chi connectivity index (χ4n) is 12.6. The molecule has 0 unspecified atom stereocenters. The van der Waals surface area contributed by atoms with Crippen LogP contribution in [0.5, 0.6) is 5.88 Å². The molecule has 0 bridgehead atoms. The summed E-state index contributed by atoms with van der Waals surface area (Å²) in [5.41, 5.74) is 4.92. The van der Waals surface area contributed by atoms with Crippen molar-refractivity contribution in [1.82, 2.24) is 24.5 Å². The van der Waals surface area contributed by atoms with Crippen molar-refractivity contribution < 1.29 is 32.7 Å². The zero-order chi connectivity index (χ0) is 50.1. The zero-order valence-electron chi connectivity index (χ0n) is 41.7. The first kappa shape index (κ1) is 48.5. The van der Waals surface area contributed by atoms with Gasteiger partial charge < -0.3 is 39.6 Å². The van der Waals surface area contributed by atoms with Gasteiger partial charge in [-0.3, -0.25) is 19.8 Å². The lowest BCUT2D eigenvalue weighted by molar-refractivity contribution is -0.384. The van der Waals surface area contributed by atoms with Gasteiger partial charge in [0.1, 0.15) is 23.1 Å². The smallest absolute Gasteiger partial charge is 0.293 e. The Morgan fingerprint density at radius 3 is 2.53 bits per heavy atom. The number of nitrogens with zero attached hydrogens (tertiary/aromatic N) is 6. The summed E-state index contributed by atoms with van der Waals surface area (Å²) in [5, 5.41) is 26.8. The molecule has 72 heavy (non-hydrogen) atoms. The number of carbonyl (C=O) groups excluding carboxylic acids is 1. The number of rotatable bonds is 11. The number of pyridine rings is 1. The minimum atomic E-state index is -4.62. The first-order valence-electron chi connectivity index (χ1n) is 25.8. The van der Waals surface area contributed by atoms with Gasteiger partial charge in [-0.15, -0.1) is 0 Å². The molecule has 5 aromatic rings. The first-order chi connectivity index (χ1) is 34.5. The summed E-state index contributed by atoms with van der Waals surface area (Å²) in [5.74, 6) is -0.303. The maximum absolute atomic E-state index is 14.7. The molecule has 1 spiro atoms. The van der Waals surface area contributed by atoms with E-state index >= 15 is 0 Å². The molecule has 2 saturated carbocycles. The molecule has 1 amide bonds. The fourth-order valence-corrected chi connectivity index (χ4v) is 13.6. The molecular formula is C54H67N9O8S. The first-order valence-corrected chi connectivity index (χ1v) is 27.3. The Hall–Kier alpha value is -5.79. The summed E-state index contributed by atoms with van der Waals surface area (Å²) in [4.78, 5) is 43.9. The lowest BCUT2D eigenvalue weighted by Crippen LogP contribution is -2.61. The Morgan fingerprint density at radius 2 is 1.76 bits per heavy atom. The van der Waals surface area contributed by atoms with Crippen molar-refractivity contribution in [1.29, 1.82) is 0 Å². The number of benzene rings is 3. The summed E-state index contributed by atoms with van der Waals surface area (Å²) in [6.45, 7) is 11.3. The number of nitro groups is 1. The average molecular weight is 1000 g/mol. The van der Waals surface area contributed by atoms with E-state index in [1.807, 2.05) is 37.4 Å². The number of carbonyl (C=O) groups is 1. The normalized spacial score (nSPS) is 26.9. The second kappa shape index (κ2) is 18.9. The number of fused-ring (bicyclic) bond motifs is 3. The highest BCUT2D eigenvalue weighted by Crippen LogP contribution is 2.54. The lowest BCUT2D eigenvalue weighted by Gasteiger charge is -2.59. The van der Waals surface area contributed by atoms with E-state index in [9.17, 15) is 28.4 Å². The van der Waals surface area contributed by atoms with Gasteiger partial charge in [-0.1, -0.05) is 24.3 Å². The van der Waals surface area contributed by atoms with Crippen molar-refractivity contribution in [3.05, 3.63) is 106 Å².